The molecule has 1 amide bonds. The van der Waals surface area contributed by atoms with Crippen molar-refractivity contribution < 1.29 is 24.6 Å². The smallest absolute Gasteiger partial charge is 0.323 e. The van der Waals surface area contributed by atoms with Crippen molar-refractivity contribution in [1.82, 2.24) is 10.6 Å². The highest BCUT2D eigenvalue weighted by atomic mass is 16.4. The fraction of sp³-hybridized carbons (Fsp3) is 0.609. The Balaban J connectivity index is 1.60. The minimum absolute atomic E-state index is 0.381. The molecule has 2 aliphatic heterocycles. The zero-order chi connectivity index (χ0) is 22.2. The molecule has 1 fully saturated rings. The van der Waals surface area contributed by atoms with Crippen LogP contribution in [-0.4, -0.2) is 59.8 Å². The number of hydrogen-bond acceptors (Lipinski definition) is 5. The third-order valence-corrected chi connectivity index (χ3v) is 6.36. The lowest BCUT2D eigenvalue weighted by atomic mass is 9.91. The molecular weight excluding hydrogens is 398 g/mol. The first-order valence-corrected chi connectivity index (χ1v) is 11.3. The van der Waals surface area contributed by atoms with Crippen LogP contribution in [0.5, 0.6) is 0 Å². The number of hydrogen-bond donors (Lipinski definition) is 4. The number of nitrogens with one attached hydrogen (secondary N) is 2. The van der Waals surface area contributed by atoms with Gasteiger partial charge in [0.15, 0.2) is 0 Å². The zero-order valence-corrected chi connectivity index (χ0v) is 17.9. The molecule has 3 rings (SSSR count). The number of carboxylic acids is 2. The van der Waals surface area contributed by atoms with E-state index in [2.05, 4.69) is 10.6 Å². The molecule has 1 aromatic carbocycles. The van der Waals surface area contributed by atoms with Crippen LogP contribution in [0.3, 0.4) is 0 Å². The molecule has 0 spiro atoms. The summed E-state index contributed by atoms with van der Waals surface area (Å²) in [5, 5.41) is 25.4. The third kappa shape index (κ3) is 6.51. The lowest BCUT2D eigenvalue weighted by Gasteiger charge is -2.27. The number of nitrogens with zero attached hydrogens (tertiary/aromatic N) is 1. The Labute approximate surface area is 183 Å². The van der Waals surface area contributed by atoms with Crippen molar-refractivity contribution in [3.63, 3.8) is 0 Å². The van der Waals surface area contributed by atoms with Crippen LogP contribution in [0.4, 0.5) is 5.69 Å². The van der Waals surface area contributed by atoms with Crippen LogP contribution >= 0.6 is 0 Å². The average molecular weight is 432 g/mol. The SMILES string of the molecule is O=C(O)CN1C(=O)[C@@H](N[C@@H](CCCCC2CCNCC2)C(=O)O)CCc2ccccc21. The van der Waals surface area contributed by atoms with Gasteiger partial charge in [0.2, 0.25) is 5.91 Å². The van der Waals surface area contributed by atoms with Crippen LogP contribution in [0.1, 0.15) is 50.5 Å². The van der Waals surface area contributed by atoms with E-state index < -0.39 is 30.6 Å². The number of carbonyl (C=O) groups is 3. The van der Waals surface area contributed by atoms with E-state index in [0.29, 0.717) is 30.9 Å². The van der Waals surface area contributed by atoms with Gasteiger partial charge < -0.3 is 15.5 Å². The molecule has 0 saturated carbocycles. The Morgan fingerprint density at radius 1 is 1.13 bits per heavy atom. The molecule has 1 aromatic rings. The number of aliphatic carboxylic acids is 2. The number of aryl methyl sites for hydroxylation is 1. The van der Waals surface area contributed by atoms with Crippen molar-refractivity contribution in [2.75, 3.05) is 24.5 Å². The Morgan fingerprint density at radius 2 is 1.87 bits per heavy atom. The van der Waals surface area contributed by atoms with Crippen molar-refractivity contribution in [2.45, 2.75) is 63.5 Å². The summed E-state index contributed by atoms with van der Waals surface area (Å²) in [4.78, 5) is 37.6. The predicted molar refractivity (Wildman–Crippen MR) is 117 cm³/mol. The Hall–Kier alpha value is -2.45. The molecule has 0 bridgehead atoms. The molecule has 0 aromatic heterocycles. The average Bonchev–Trinajstić information content (AvgIpc) is 2.88. The summed E-state index contributed by atoms with van der Waals surface area (Å²) in [6, 6.07) is 5.71. The number of rotatable bonds is 10. The van der Waals surface area contributed by atoms with Crippen molar-refractivity contribution >= 4 is 23.5 Å². The number of fused-ring (bicyclic) bond motifs is 1. The van der Waals surface area contributed by atoms with Gasteiger partial charge in [0.05, 0.1) is 6.04 Å². The van der Waals surface area contributed by atoms with Gasteiger partial charge in [-0.2, -0.15) is 0 Å². The highest BCUT2D eigenvalue weighted by Crippen LogP contribution is 2.27. The summed E-state index contributed by atoms with van der Waals surface area (Å²) in [5.74, 6) is -1.74. The molecule has 0 radical (unpaired) electrons. The highest BCUT2D eigenvalue weighted by molar-refractivity contribution is 6.02. The first-order valence-electron chi connectivity index (χ1n) is 11.3. The van der Waals surface area contributed by atoms with Gasteiger partial charge in [0, 0.05) is 5.69 Å². The van der Waals surface area contributed by atoms with Crippen molar-refractivity contribution in [2.24, 2.45) is 5.92 Å². The summed E-state index contributed by atoms with van der Waals surface area (Å²) in [6.07, 6.45) is 6.70. The molecule has 1 saturated heterocycles. The predicted octanol–water partition coefficient (Wildman–Crippen LogP) is 2.02. The van der Waals surface area contributed by atoms with Crippen LogP contribution in [0, 0.1) is 5.92 Å². The number of carboxylic acid groups (broad SMARTS) is 2. The number of unbranched alkanes of at least 4 members (excludes halogenated alkanes) is 1. The van der Waals surface area contributed by atoms with Gasteiger partial charge in [-0.25, -0.2) is 0 Å². The first kappa shape index (κ1) is 23.2. The molecule has 8 nitrogen and oxygen atoms in total. The normalized spacial score (nSPS) is 20.7. The van der Waals surface area contributed by atoms with Crippen LogP contribution in [0.15, 0.2) is 24.3 Å². The van der Waals surface area contributed by atoms with Crippen molar-refractivity contribution in [1.29, 1.82) is 0 Å². The van der Waals surface area contributed by atoms with E-state index in [4.69, 9.17) is 0 Å². The van der Waals surface area contributed by atoms with Gasteiger partial charge >= 0.3 is 11.9 Å². The van der Waals surface area contributed by atoms with Gasteiger partial charge in [-0.3, -0.25) is 24.6 Å². The quantitative estimate of drug-likeness (QED) is 0.419. The minimum atomic E-state index is -1.10. The van der Waals surface area contributed by atoms with E-state index in [0.717, 1.165) is 37.9 Å². The molecule has 31 heavy (non-hydrogen) atoms. The third-order valence-electron chi connectivity index (χ3n) is 6.36. The van der Waals surface area contributed by atoms with Gasteiger partial charge in [0.25, 0.3) is 0 Å². The van der Waals surface area contributed by atoms with E-state index in [1.165, 1.54) is 17.7 Å². The topological polar surface area (TPSA) is 119 Å². The first-order chi connectivity index (χ1) is 15.0. The van der Waals surface area contributed by atoms with E-state index in [1.807, 2.05) is 12.1 Å². The van der Waals surface area contributed by atoms with E-state index in [-0.39, 0.29) is 5.91 Å². The molecular formula is C23H33N3O5. The molecule has 0 aliphatic carbocycles. The summed E-state index contributed by atoms with van der Waals surface area (Å²) < 4.78 is 0. The summed E-state index contributed by atoms with van der Waals surface area (Å²) >= 11 is 0. The van der Waals surface area contributed by atoms with Crippen LogP contribution in [0.25, 0.3) is 0 Å². The largest absolute Gasteiger partial charge is 0.480 e. The second kappa shape index (κ2) is 11.2. The highest BCUT2D eigenvalue weighted by Gasteiger charge is 2.34. The van der Waals surface area contributed by atoms with E-state index >= 15 is 0 Å². The van der Waals surface area contributed by atoms with Gasteiger partial charge in [-0.05, 0) is 62.7 Å². The van der Waals surface area contributed by atoms with Crippen LogP contribution < -0.4 is 15.5 Å². The minimum Gasteiger partial charge on any atom is -0.480 e. The summed E-state index contributed by atoms with van der Waals surface area (Å²) in [7, 11) is 0. The van der Waals surface area contributed by atoms with E-state index in [9.17, 15) is 24.6 Å². The lowest BCUT2D eigenvalue weighted by Crippen LogP contribution is -2.52. The molecule has 2 heterocycles. The number of carbonyl (C=O) groups excluding carboxylic acids is 1. The Kier molecular flexibility index (Phi) is 8.43. The molecule has 170 valence electrons. The number of para-hydroxylation sites is 1. The van der Waals surface area contributed by atoms with Gasteiger partial charge in [-0.1, -0.05) is 37.5 Å². The van der Waals surface area contributed by atoms with Crippen molar-refractivity contribution in [3.05, 3.63) is 29.8 Å². The number of benzene rings is 1. The summed E-state index contributed by atoms with van der Waals surface area (Å²) in [6.45, 7) is 1.67. The maximum Gasteiger partial charge on any atom is 0.323 e. The number of anilines is 1. The Morgan fingerprint density at radius 3 is 2.58 bits per heavy atom. The van der Waals surface area contributed by atoms with Gasteiger partial charge in [0.1, 0.15) is 12.6 Å². The standard InChI is InChI=1S/C23H33N3O5/c27-21(28)15-26-20-8-4-2-6-17(20)9-10-18(22(26)29)25-19(23(30)31)7-3-1-5-16-11-13-24-14-12-16/h2,4,6,8,16,18-19,24-25H,1,3,5,7,9-15H2,(H,27,28)(H,30,31)/t18-,19-/m0/s1. The molecule has 4 N–H and O–H groups in total. The number of piperidine rings is 1. The molecule has 8 heteroatoms. The van der Waals surface area contributed by atoms with E-state index in [1.54, 1.807) is 12.1 Å². The zero-order valence-electron chi connectivity index (χ0n) is 17.9. The lowest BCUT2D eigenvalue weighted by molar-refractivity contribution is -0.140. The number of amides is 1. The fourth-order valence-electron chi connectivity index (χ4n) is 4.64. The maximum atomic E-state index is 13.1. The van der Waals surface area contributed by atoms with Crippen LogP contribution in [-0.2, 0) is 20.8 Å². The molecule has 2 aliphatic rings. The molecule has 0 unspecified atom stereocenters. The second-order valence-corrected chi connectivity index (χ2v) is 8.57. The van der Waals surface area contributed by atoms with Crippen LogP contribution in [0.2, 0.25) is 0 Å². The maximum absolute atomic E-state index is 13.1. The van der Waals surface area contributed by atoms with Gasteiger partial charge in [-0.15, -0.1) is 0 Å². The second-order valence-electron chi connectivity index (χ2n) is 8.57. The summed E-state index contributed by atoms with van der Waals surface area (Å²) in [5.41, 5.74) is 1.49. The van der Waals surface area contributed by atoms with Crippen molar-refractivity contribution in [3.8, 4) is 0 Å². The fourth-order valence-corrected chi connectivity index (χ4v) is 4.64. The molecule has 2 atom stereocenters. The Bertz CT molecular complexity index is 778. The monoisotopic (exact) mass is 431 g/mol.